The lowest BCUT2D eigenvalue weighted by molar-refractivity contribution is 0.346. The molecular weight excluding hydrogens is 526 g/mol. The van der Waals surface area contributed by atoms with Crippen LogP contribution < -0.4 is 32.2 Å². The van der Waals surface area contributed by atoms with Crippen LogP contribution in [0.15, 0.2) is 0 Å². The number of anilines is 2. The van der Waals surface area contributed by atoms with Crippen molar-refractivity contribution in [3.8, 4) is 58.3 Å². The normalized spacial score (nSPS) is 13.9. The molecular formula is C25H23B5N2O9. The maximum absolute atomic E-state index is 11.7. The third-order valence-corrected chi connectivity index (χ3v) is 8.16. The number of phenols is 8. The molecule has 0 aliphatic carbocycles. The molecule has 11 nitrogen and oxygen atoms in total. The highest BCUT2D eigenvalue weighted by molar-refractivity contribution is 6.61. The lowest BCUT2D eigenvalue weighted by Gasteiger charge is -2.28. The summed E-state index contributed by atoms with van der Waals surface area (Å²) in [5.41, 5.74) is 2.45. The summed E-state index contributed by atoms with van der Waals surface area (Å²) in [4.78, 5) is 4.31. The van der Waals surface area contributed by atoms with Crippen LogP contribution in [-0.4, -0.2) is 96.7 Å². The van der Waals surface area contributed by atoms with Crippen LogP contribution >= 0.6 is 0 Å². The first kappa shape index (κ1) is 27.4. The number of hydrogen-bond donors (Lipinski definition) is 10. The Balaban J connectivity index is 1.90. The van der Waals surface area contributed by atoms with Crippen molar-refractivity contribution in [3.05, 3.63) is 16.8 Å². The van der Waals surface area contributed by atoms with Crippen LogP contribution in [0.2, 0.25) is 0 Å². The van der Waals surface area contributed by atoms with Gasteiger partial charge in [-0.1, -0.05) is 27.8 Å². The first-order valence-corrected chi connectivity index (χ1v) is 12.4. The quantitative estimate of drug-likeness (QED) is 0.0378. The second-order valence-electron chi connectivity index (χ2n) is 10.2. The summed E-state index contributed by atoms with van der Waals surface area (Å²) in [6, 6.07) is 0. The van der Waals surface area contributed by atoms with Crippen molar-refractivity contribution in [1.82, 2.24) is 4.98 Å². The predicted octanol–water partition coefficient (Wildman–Crippen LogP) is -5.34. The van der Waals surface area contributed by atoms with Gasteiger partial charge in [0.25, 0.3) is 0 Å². The van der Waals surface area contributed by atoms with Gasteiger partial charge in [0.15, 0.2) is 23.0 Å². The van der Waals surface area contributed by atoms with Crippen molar-refractivity contribution >= 4 is 100 Å². The first-order valence-electron chi connectivity index (χ1n) is 12.4. The van der Waals surface area contributed by atoms with Crippen molar-refractivity contribution in [2.24, 2.45) is 0 Å². The average molecular weight is 550 g/mol. The molecule has 0 saturated carbocycles. The van der Waals surface area contributed by atoms with Crippen LogP contribution in [0.3, 0.4) is 0 Å². The van der Waals surface area contributed by atoms with Crippen LogP contribution in [0.5, 0.6) is 46.0 Å². The van der Waals surface area contributed by atoms with E-state index in [1.165, 1.54) is 12.7 Å². The fraction of sp³-hybridized carbons (Fsp3) is 0.0400. The second-order valence-corrected chi connectivity index (χ2v) is 10.2. The third-order valence-electron chi connectivity index (χ3n) is 8.16. The van der Waals surface area contributed by atoms with Crippen LogP contribution in [0.25, 0.3) is 22.2 Å². The highest BCUT2D eigenvalue weighted by atomic mass is 16.3. The Bertz CT molecular complexity index is 1920. The Kier molecular flexibility index (Phi) is 5.96. The molecule has 1 aliphatic rings. The summed E-state index contributed by atoms with van der Waals surface area (Å²) in [5.74, 6) is -3.72. The minimum absolute atomic E-state index is 0.0171. The maximum atomic E-state index is 11.7. The van der Waals surface area contributed by atoms with Gasteiger partial charge < -0.3 is 55.8 Å². The molecule has 0 atom stereocenters. The predicted molar refractivity (Wildman–Crippen MR) is 170 cm³/mol. The SMILES string of the molecule is Bc1c(B)c(N2C/C(=C(/O)c3[nH]c4c(O)c(O)c(O)c(B)c4c3C#C)c3c(O)c(O)c(O)c(O)c32)c(B)c(B)c1O. The summed E-state index contributed by atoms with van der Waals surface area (Å²) in [6.07, 6.45) is 5.78. The monoisotopic (exact) mass is 550 g/mol. The van der Waals surface area contributed by atoms with Crippen molar-refractivity contribution < 1.29 is 46.0 Å². The fourth-order valence-corrected chi connectivity index (χ4v) is 5.66. The Morgan fingerprint density at radius 2 is 1.20 bits per heavy atom. The number of aliphatic hydroxyl groups excluding tert-OH is 1. The maximum Gasteiger partial charge on any atom is 0.206 e. The third kappa shape index (κ3) is 3.41. The standard InChI is InChI=1S/C25H23B5N2O9/c1-2-4-6-8(26)20(36)24(40)21(37)14(6)31-13(4)17(33)5-3-32(15-7(5)18(34)23(39)25(41)22(15)38)16-9(27)11(29)19(35)12(30)10(16)28/h1,31,33-41H,3,26-30H2/b17-5-. The van der Waals surface area contributed by atoms with Gasteiger partial charge in [0.1, 0.15) is 50.7 Å². The van der Waals surface area contributed by atoms with Gasteiger partial charge in [0, 0.05) is 16.6 Å². The summed E-state index contributed by atoms with van der Waals surface area (Å²) in [7, 11) is 8.36. The van der Waals surface area contributed by atoms with E-state index in [0.717, 1.165) is 0 Å². The van der Waals surface area contributed by atoms with Crippen LogP contribution in [0.1, 0.15) is 16.8 Å². The molecule has 3 aromatic carbocycles. The largest absolute Gasteiger partial charge is 0.509 e. The number of aliphatic hydroxyl groups is 1. The Labute approximate surface area is 237 Å². The van der Waals surface area contributed by atoms with Crippen LogP contribution in [0, 0.1) is 12.3 Å². The summed E-state index contributed by atoms with van der Waals surface area (Å²) in [5, 5.41) is 96.2. The fourth-order valence-electron chi connectivity index (χ4n) is 5.66. The van der Waals surface area contributed by atoms with Gasteiger partial charge in [-0.15, -0.1) is 6.42 Å². The number of rotatable bonds is 2. The van der Waals surface area contributed by atoms with Crippen molar-refractivity contribution in [1.29, 1.82) is 0 Å². The van der Waals surface area contributed by atoms with Gasteiger partial charge >= 0.3 is 0 Å². The number of nitrogens with zero attached hydrogens (tertiary/aromatic N) is 1. The van der Waals surface area contributed by atoms with Gasteiger partial charge in [0.05, 0.1) is 34.6 Å². The lowest BCUT2D eigenvalue weighted by atomic mass is 9.68. The highest BCUT2D eigenvalue weighted by Crippen LogP contribution is 2.58. The minimum Gasteiger partial charge on any atom is -0.509 e. The number of phenolic OH excluding ortho intramolecular Hbond substituents is 8. The molecule has 10 N–H and O–H groups in total. The van der Waals surface area contributed by atoms with Crippen LogP contribution in [-0.2, 0) is 0 Å². The molecule has 0 amide bonds. The van der Waals surface area contributed by atoms with Gasteiger partial charge in [-0.3, -0.25) is 0 Å². The molecule has 5 rings (SSSR count). The molecule has 41 heavy (non-hydrogen) atoms. The van der Waals surface area contributed by atoms with E-state index in [4.69, 9.17) is 6.42 Å². The molecule has 2 heterocycles. The number of nitrogens with one attached hydrogen (secondary N) is 1. The summed E-state index contributed by atoms with van der Waals surface area (Å²) < 4.78 is 0. The van der Waals surface area contributed by atoms with Gasteiger partial charge in [-0.2, -0.15) is 0 Å². The number of terminal acetylenes is 1. The van der Waals surface area contributed by atoms with Crippen molar-refractivity contribution in [2.75, 3.05) is 11.4 Å². The van der Waals surface area contributed by atoms with Gasteiger partial charge in [0.2, 0.25) is 17.2 Å². The summed E-state index contributed by atoms with van der Waals surface area (Å²) in [6.45, 7) is -0.211. The number of benzene rings is 3. The average Bonchev–Trinajstić information content (AvgIpc) is 3.54. The number of fused-ring (bicyclic) bond motifs is 2. The zero-order chi connectivity index (χ0) is 30.4. The number of H-pyrrole nitrogens is 1. The molecule has 0 unspecified atom stereocenters. The van der Waals surface area contributed by atoms with E-state index < -0.39 is 46.0 Å². The minimum atomic E-state index is -1.02. The smallest absolute Gasteiger partial charge is 0.206 e. The molecule has 0 saturated heterocycles. The Morgan fingerprint density at radius 3 is 1.76 bits per heavy atom. The summed E-state index contributed by atoms with van der Waals surface area (Å²) >= 11 is 0. The molecule has 0 spiro atoms. The molecule has 202 valence electrons. The highest BCUT2D eigenvalue weighted by Gasteiger charge is 2.39. The van der Waals surface area contributed by atoms with Gasteiger partial charge in [-0.05, 0) is 5.46 Å². The van der Waals surface area contributed by atoms with E-state index in [0.29, 0.717) is 27.5 Å². The second kappa shape index (κ2) is 8.92. The van der Waals surface area contributed by atoms with Gasteiger partial charge in [-0.25, -0.2) is 0 Å². The van der Waals surface area contributed by atoms with E-state index >= 15 is 0 Å². The topological polar surface area (TPSA) is 201 Å². The number of aromatic hydroxyl groups is 8. The first-order chi connectivity index (χ1) is 19.2. The number of hydrogen-bond acceptors (Lipinski definition) is 10. The molecule has 1 aliphatic heterocycles. The molecule has 4 aromatic rings. The Morgan fingerprint density at radius 1 is 0.659 bits per heavy atom. The van der Waals surface area contributed by atoms with E-state index in [1.807, 2.05) is 0 Å². The van der Waals surface area contributed by atoms with E-state index in [1.54, 1.807) is 31.4 Å². The van der Waals surface area contributed by atoms with E-state index in [-0.39, 0.29) is 56.7 Å². The molecule has 1 aromatic heterocycles. The van der Waals surface area contributed by atoms with E-state index in [2.05, 4.69) is 10.9 Å². The Hall–Kier alpha value is -5.18. The van der Waals surface area contributed by atoms with Crippen LogP contribution in [0.4, 0.5) is 11.4 Å². The number of aromatic nitrogens is 1. The van der Waals surface area contributed by atoms with E-state index in [9.17, 15) is 46.0 Å². The number of aromatic amines is 1. The zero-order valence-electron chi connectivity index (χ0n) is 22.8. The lowest BCUT2D eigenvalue weighted by Crippen LogP contribution is -2.45. The van der Waals surface area contributed by atoms with Crippen molar-refractivity contribution in [3.63, 3.8) is 0 Å². The zero-order valence-corrected chi connectivity index (χ0v) is 22.8. The molecule has 16 heteroatoms. The molecule has 0 bridgehead atoms. The molecule has 0 fully saturated rings. The molecule has 0 radical (unpaired) electrons. The van der Waals surface area contributed by atoms with Crippen molar-refractivity contribution in [2.45, 2.75) is 0 Å².